The number of carbonyl (C=O) groups excluding carboxylic acids is 1. The van der Waals surface area contributed by atoms with Crippen LogP contribution < -0.4 is 10.1 Å². The Morgan fingerprint density at radius 2 is 1.57 bits per heavy atom. The molecule has 4 heteroatoms. The molecule has 3 aromatic carbocycles. The number of fused-ring (bicyclic) bond motifs is 1. The summed E-state index contributed by atoms with van der Waals surface area (Å²) in [5, 5.41) is 3.17. The molecular weight excluding hydrogens is 372 g/mol. The summed E-state index contributed by atoms with van der Waals surface area (Å²) in [4.78, 5) is 15.4. The van der Waals surface area contributed by atoms with E-state index in [1.165, 1.54) is 16.7 Å². The van der Waals surface area contributed by atoms with Crippen molar-refractivity contribution in [2.75, 3.05) is 13.1 Å². The molecule has 1 amide bonds. The largest absolute Gasteiger partial charge is 0.457 e. The zero-order chi connectivity index (χ0) is 20.4. The van der Waals surface area contributed by atoms with Crippen LogP contribution in [-0.4, -0.2) is 23.9 Å². The molecule has 0 aliphatic carbocycles. The molecule has 1 unspecified atom stereocenters. The lowest BCUT2D eigenvalue weighted by atomic mass is 9.80. The third kappa shape index (κ3) is 3.83. The first kappa shape index (κ1) is 18.9. The summed E-state index contributed by atoms with van der Waals surface area (Å²) >= 11 is 0. The zero-order valence-corrected chi connectivity index (χ0v) is 17.0. The predicted molar refractivity (Wildman–Crippen MR) is 117 cm³/mol. The van der Waals surface area contributed by atoms with Gasteiger partial charge < -0.3 is 10.1 Å². The van der Waals surface area contributed by atoms with E-state index < -0.39 is 0 Å². The molecule has 1 saturated heterocycles. The lowest BCUT2D eigenvalue weighted by Gasteiger charge is -2.26. The highest BCUT2D eigenvalue weighted by atomic mass is 16.5. The van der Waals surface area contributed by atoms with Crippen LogP contribution in [0.15, 0.2) is 78.9 Å². The normalized spacial score (nSPS) is 21.1. The van der Waals surface area contributed by atoms with Gasteiger partial charge in [0.05, 0.1) is 5.41 Å². The minimum Gasteiger partial charge on any atom is -0.457 e. The molecule has 0 bridgehead atoms. The van der Waals surface area contributed by atoms with E-state index in [2.05, 4.69) is 46.6 Å². The summed E-state index contributed by atoms with van der Waals surface area (Å²) in [5.41, 5.74) is 3.47. The number of carbonyl (C=O) groups is 1. The van der Waals surface area contributed by atoms with Crippen LogP contribution in [0.2, 0.25) is 0 Å². The molecule has 152 valence electrons. The van der Waals surface area contributed by atoms with Crippen molar-refractivity contribution in [1.29, 1.82) is 0 Å². The molecule has 2 aliphatic heterocycles. The van der Waals surface area contributed by atoms with Gasteiger partial charge in [0.15, 0.2) is 0 Å². The molecular formula is C26H26N2O2. The van der Waals surface area contributed by atoms with Crippen molar-refractivity contribution in [1.82, 2.24) is 10.2 Å². The highest BCUT2D eigenvalue weighted by molar-refractivity contribution is 5.84. The van der Waals surface area contributed by atoms with Crippen molar-refractivity contribution in [2.24, 2.45) is 5.41 Å². The van der Waals surface area contributed by atoms with E-state index in [-0.39, 0.29) is 11.3 Å². The summed E-state index contributed by atoms with van der Waals surface area (Å²) in [6, 6.07) is 26.5. The molecule has 1 spiro atoms. The van der Waals surface area contributed by atoms with E-state index in [4.69, 9.17) is 4.74 Å². The van der Waals surface area contributed by atoms with Crippen molar-refractivity contribution >= 4 is 5.91 Å². The number of rotatable bonds is 4. The number of nitrogens with one attached hydrogen (secondary N) is 1. The SMILES string of the molecule is O=C1NCc2ccccc2CC12CCN(Cc1ccc(Oc3ccccc3)cc1)C2. The van der Waals surface area contributed by atoms with E-state index in [1.807, 2.05) is 42.5 Å². The fraction of sp³-hybridized carbons (Fsp3) is 0.269. The van der Waals surface area contributed by atoms with Crippen molar-refractivity contribution < 1.29 is 9.53 Å². The highest BCUT2D eigenvalue weighted by Crippen LogP contribution is 2.37. The van der Waals surface area contributed by atoms with Crippen LogP contribution >= 0.6 is 0 Å². The lowest BCUT2D eigenvalue weighted by molar-refractivity contribution is -0.130. The second-order valence-corrected chi connectivity index (χ2v) is 8.43. The predicted octanol–water partition coefficient (Wildman–Crippen LogP) is 4.54. The van der Waals surface area contributed by atoms with Crippen LogP contribution in [0.1, 0.15) is 23.1 Å². The van der Waals surface area contributed by atoms with Gasteiger partial charge in [-0.3, -0.25) is 9.69 Å². The molecule has 0 aromatic heterocycles. The highest BCUT2D eigenvalue weighted by Gasteiger charge is 2.45. The smallest absolute Gasteiger partial charge is 0.228 e. The number of hydrogen-bond donors (Lipinski definition) is 1. The summed E-state index contributed by atoms with van der Waals surface area (Å²) in [6.45, 7) is 3.23. The van der Waals surface area contributed by atoms with Crippen molar-refractivity contribution in [3.8, 4) is 11.5 Å². The number of likely N-dealkylation sites (tertiary alicyclic amines) is 1. The van der Waals surface area contributed by atoms with Crippen molar-refractivity contribution in [3.05, 3.63) is 95.6 Å². The van der Waals surface area contributed by atoms with Gasteiger partial charge in [0.1, 0.15) is 11.5 Å². The molecule has 4 nitrogen and oxygen atoms in total. The second kappa shape index (κ2) is 7.96. The first-order valence-electron chi connectivity index (χ1n) is 10.6. The van der Waals surface area contributed by atoms with Crippen molar-refractivity contribution in [3.63, 3.8) is 0 Å². The van der Waals surface area contributed by atoms with Crippen LogP contribution in [0.5, 0.6) is 11.5 Å². The average molecular weight is 399 g/mol. The molecule has 0 saturated carbocycles. The Bertz CT molecular complexity index is 1030. The third-order valence-electron chi connectivity index (χ3n) is 6.31. The zero-order valence-electron chi connectivity index (χ0n) is 17.0. The van der Waals surface area contributed by atoms with Crippen molar-refractivity contribution in [2.45, 2.75) is 25.9 Å². The van der Waals surface area contributed by atoms with E-state index in [0.29, 0.717) is 6.54 Å². The minimum atomic E-state index is -0.317. The Morgan fingerprint density at radius 1 is 0.867 bits per heavy atom. The van der Waals surface area contributed by atoms with E-state index >= 15 is 0 Å². The molecule has 0 radical (unpaired) electrons. The molecule has 1 atom stereocenters. The summed E-state index contributed by atoms with van der Waals surface area (Å²) in [5.74, 6) is 1.88. The third-order valence-corrected chi connectivity index (χ3v) is 6.31. The molecule has 5 rings (SSSR count). The fourth-order valence-electron chi connectivity index (χ4n) is 4.68. The Labute approximate surface area is 177 Å². The number of amides is 1. The van der Waals surface area contributed by atoms with Gasteiger partial charge in [-0.15, -0.1) is 0 Å². The van der Waals surface area contributed by atoms with Gasteiger partial charge in [-0.05, 0) is 60.3 Å². The molecule has 3 aromatic rings. The van der Waals surface area contributed by atoms with Crippen LogP contribution in [-0.2, 0) is 24.3 Å². The van der Waals surface area contributed by atoms with Crippen LogP contribution in [0.4, 0.5) is 0 Å². The molecule has 30 heavy (non-hydrogen) atoms. The lowest BCUT2D eigenvalue weighted by Crippen LogP contribution is -2.42. The first-order valence-corrected chi connectivity index (χ1v) is 10.6. The van der Waals surface area contributed by atoms with Gasteiger partial charge in [-0.1, -0.05) is 54.6 Å². The minimum absolute atomic E-state index is 0.202. The first-order chi connectivity index (χ1) is 14.7. The van der Waals surface area contributed by atoms with Gasteiger partial charge in [0.2, 0.25) is 5.91 Å². The molecule has 1 N–H and O–H groups in total. The van der Waals surface area contributed by atoms with Gasteiger partial charge in [-0.2, -0.15) is 0 Å². The standard InChI is InChI=1S/C26H26N2O2/c29-25-26(16-21-6-4-5-7-22(21)17-27-25)14-15-28(19-26)18-20-10-12-24(13-11-20)30-23-8-2-1-3-9-23/h1-13H,14-19H2,(H,27,29). The summed E-state index contributed by atoms with van der Waals surface area (Å²) in [7, 11) is 0. The maximum absolute atomic E-state index is 13.0. The number of para-hydroxylation sites is 1. The number of ether oxygens (including phenoxy) is 1. The monoisotopic (exact) mass is 398 g/mol. The molecule has 2 heterocycles. The maximum atomic E-state index is 13.0. The summed E-state index contributed by atoms with van der Waals surface area (Å²) in [6.07, 6.45) is 1.73. The van der Waals surface area contributed by atoms with Gasteiger partial charge >= 0.3 is 0 Å². The Kier molecular flexibility index (Phi) is 5.01. The van der Waals surface area contributed by atoms with E-state index in [1.54, 1.807) is 0 Å². The second-order valence-electron chi connectivity index (χ2n) is 8.43. The molecule has 2 aliphatic rings. The van der Waals surface area contributed by atoms with Gasteiger partial charge in [0.25, 0.3) is 0 Å². The topological polar surface area (TPSA) is 41.6 Å². The Hall–Kier alpha value is -3.11. The number of hydrogen-bond acceptors (Lipinski definition) is 3. The van der Waals surface area contributed by atoms with Gasteiger partial charge in [-0.25, -0.2) is 0 Å². The molecule has 1 fully saturated rings. The quantitative estimate of drug-likeness (QED) is 0.701. The van der Waals surface area contributed by atoms with E-state index in [9.17, 15) is 4.79 Å². The average Bonchev–Trinajstić information content (AvgIpc) is 3.12. The summed E-state index contributed by atoms with van der Waals surface area (Å²) < 4.78 is 5.89. The van der Waals surface area contributed by atoms with Gasteiger partial charge in [0, 0.05) is 19.6 Å². The number of benzene rings is 3. The Balaban J connectivity index is 1.25. The fourth-order valence-corrected chi connectivity index (χ4v) is 4.68. The van der Waals surface area contributed by atoms with Crippen LogP contribution in [0.3, 0.4) is 0 Å². The van der Waals surface area contributed by atoms with Crippen LogP contribution in [0.25, 0.3) is 0 Å². The van der Waals surface area contributed by atoms with Crippen LogP contribution in [0, 0.1) is 5.41 Å². The van der Waals surface area contributed by atoms with E-state index in [0.717, 1.165) is 44.0 Å². The maximum Gasteiger partial charge on any atom is 0.228 e. The Morgan fingerprint density at radius 3 is 2.37 bits per heavy atom. The number of nitrogens with zero attached hydrogens (tertiary/aromatic N) is 1.